The van der Waals surface area contributed by atoms with E-state index in [-0.39, 0.29) is 0 Å². The molecule has 118 valence electrons. The number of ether oxygens (including phenoxy) is 1. The van der Waals surface area contributed by atoms with Gasteiger partial charge in [0.15, 0.2) is 0 Å². The van der Waals surface area contributed by atoms with E-state index in [4.69, 9.17) is 4.74 Å². The third-order valence-electron chi connectivity index (χ3n) is 4.36. The van der Waals surface area contributed by atoms with Gasteiger partial charge in [-0.2, -0.15) is 0 Å². The highest BCUT2D eigenvalue weighted by Gasteiger charge is 2.21. The van der Waals surface area contributed by atoms with E-state index >= 15 is 0 Å². The predicted molar refractivity (Wildman–Crippen MR) is 88.9 cm³/mol. The number of likely N-dealkylation sites (tertiary alicyclic amines) is 1. The van der Waals surface area contributed by atoms with E-state index in [1.165, 1.54) is 31.5 Å². The normalized spacial score (nSPS) is 18.6. The molecule has 0 saturated carbocycles. The largest absolute Gasteiger partial charge is 0.494 e. The summed E-state index contributed by atoms with van der Waals surface area (Å²) < 4.78 is 5.81. The van der Waals surface area contributed by atoms with Crippen LogP contribution in [0, 0.1) is 5.92 Å². The summed E-state index contributed by atoms with van der Waals surface area (Å²) >= 11 is 0. The summed E-state index contributed by atoms with van der Waals surface area (Å²) in [5, 5.41) is 3.63. The van der Waals surface area contributed by atoms with Gasteiger partial charge in [-0.1, -0.05) is 32.0 Å². The number of para-hydroxylation sites is 1. The quantitative estimate of drug-likeness (QED) is 0.832. The van der Waals surface area contributed by atoms with Crippen molar-refractivity contribution in [2.24, 2.45) is 5.92 Å². The van der Waals surface area contributed by atoms with E-state index in [2.05, 4.69) is 48.3 Å². The number of nitrogens with zero attached hydrogens (tertiary/aromatic N) is 1. The molecular weight excluding hydrogens is 260 g/mol. The lowest BCUT2D eigenvalue weighted by atomic mass is 9.97. The third-order valence-corrected chi connectivity index (χ3v) is 4.36. The van der Waals surface area contributed by atoms with Crippen molar-refractivity contribution in [3.63, 3.8) is 0 Å². The molecule has 1 aliphatic heterocycles. The van der Waals surface area contributed by atoms with Crippen molar-refractivity contribution < 1.29 is 4.74 Å². The molecule has 0 radical (unpaired) electrons. The molecule has 1 unspecified atom stereocenters. The summed E-state index contributed by atoms with van der Waals surface area (Å²) in [4.78, 5) is 2.59. The Labute approximate surface area is 129 Å². The zero-order valence-corrected chi connectivity index (χ0v) is 13.8. The van der Waals surface area contributed by atoms with Crippen LogP contribution in [0.15, 0.2) is 24.3 Å². The Morgan fingerprint density at radius 3 is 2.62 bits per heavy atom. The van der Waals surface area contributed by atoms with Crippen molar-refractivity contribution in [2.45, 2.75) is 39.7 Å². The number of hydrogen-bond donors (Lipinski definition) is 1. The molecule has 0 aromatic heterocycles. The van der Waals surface area contributed by atoms with Crippen LogP contribution in [0.25, 0.3) is 0 Å². The summed E-state index contributed by atoms with van der Waals surface area (Å²) in [5.74, 6) is 1.91. The highest BCUT2D eigenvalue weighted by Crippen LogP contribution is 2.27. The molecule has 1 atom stereocenters. The van der Waals surface area contributed by atoms with Gasteiger partial charge in [0.05, 0.1) is 6.61 Å². The number of rotatable bonds is 7. The van der Waals surface area contributed by atoms with Crippen LogP contribution in [0.3, 0.4) is 0 Å². The number of hydrogen-bond acceptors (Lipinski definition) is 3. The monoisotopic (exact) mass is 290 g/mol. The van der Waals surface area contributed by atoms with Crippen molar-refractivity contribution in [2.75, 3.05) is 32.8 Å². The van der Waals surface area contributed by atoms with Crippen molar-refractivity contribution in [3.8, 4) is 5.75 Å². The smallest absolute Gasteiger partial charge is 0.124 e. The maximum absolute atomic E-state index is 5.81. The molecular formula is C18H30N2O. The van der Waals surface area contributed by atoms with Crippen LogP contribution in [0.4, 0.5) is 0 Å². The van der Waals surface area contributed by atoms with Crippen LogP contribution < -0.4 is 10.1 Å². The maximum atomic E-state index is 5.81. The molecule has 3 heteroatoms. The van der Waals surface area contributed by atoms with Crippen LogP contribution in [0.2, 0.25) is 0 Å². The maximum Gasteiger partial charge on any atom is 0.124 e. The molecule has 0 aliphatic carbocycles. The molecule has 1 aromatic rings. The second-order valence-corrected chi connectivity index (χ2v) is 6.06. The highest BCUT2D eigenvalue weighted by atomic mass is 16.5. The molecule has 21 heavy (non-hydrogen) atoms. The first kappa shape index (κ1) is 16.3. The molecule has 1 saturated heterocycles. The average molecular weight is 290 g/mol. The number of nitrogens with one attached hydrogen (secondary N) is 1. The highest BCUT2D eigenvalue weighted by molar-refractivity contribution is 5.36. The Kier molecular flexibility index (Phi) is 6.52. The number of likely N-dealkylation sites (N-methyl/N-ethyl adjacent to an activating group) is 1. The van der Waals surface area contributed by atoms with Gasteiger partial charge in [-0.3, -0.25) is 0 Å². The number of piperidine rings is 1. The molecule has 1 heterocycles. The van der Waals surface area contributed by atoms with Crippen molar-refractivity contribution in [1.82, 2.24) is 10.2 Å². The van der Waals surface area contributed by atoms with Crippen LogP contribution in [-0.4, -0.2) is 37.7 Å². The zero-order chi connectivity index (χ0) is 15.1. The fraction of sp³-hybridized carbons (Fsp3) is 0.667. The first-order valence-electron chi connectivity index (χ1n) is 8.42. The summed E-state index contributed by atoms with van der Waals surface area (Å²) in [6, 6.07) is 8.80. The molecule has 2 rings (SSSR count). The first-order chi connectivity index (χ1) is 10.2. The van der Waals surface area contributed by atoms with Crippen LogP contribution in [0.1, 0.15) is 45.2 Å². The topological polar surface area (TPSA) is 24.5 Å². The van der Waals surface area contributed by atoms with Crippen LogP contribution in [0.5, 0.6) is 5.75 Å². The Balaban J connectivity index is 2.07. The minimum Gasteiger partial charge on any atom is -0.494 e. The Hall–Kier alpha value is -1.06. The van der Waals surface area contributed by atoms with E-state index in [0.29, 0.717) is 6.04 Å². The van der Waals surface area contributed by atoms with Crippen LogP contribution >= 0.6 is 0 Å². The van der Waals surface area contributed by atoms with E-state index in [1.807, 2.05) is 6.92 Å². The Bertz CT molecular complexity index is 413. The van der Waals surface area contributed by atoms with E-state index in [1.54, 1.807) is 0 Å². The van der Waals surface area contributed by atoms with Crippen LogP contribution in [-0.2, 0) is 0 Å². The summed E-state index contributed by atoms with van der Waals surface area (Å²) in [6.07, 6.45) is 2.65. The standard InChI is InChI=1S/C18H30N2O/c1-4-19-17(14-20-12-10-15(3)11-13-20)16-8-6-7-9-18(16)21-5-2/h6-9,15,17,19H,4-5,10-14H2,1-3H3. The molecule has 1 aromatic carbocycles. The molecule has 0 bridgehead atoms. The molecule has 0 amide bonds. The van der Waals surface area contributed by atoms with Gasteiger partial charge in [-0.25, -0.2) is 0 Å². The van der Waals surface area contributed by atoms with Gasteiger partial charge in [0, 0.05) is 18.2 Å². The van der Waals surface area contributed by atoms with Crippen molar-refractivity contribution in [1.29, 1.82) is 0 Å². The number of benzene rings is 1. The van der Waals surface area contributed by atoms with E-state index < -0.39 is 0 Å². The molecule has 1 fully saturated rings. The lowest BCUT2D eigenvalue weighted by Crippen LogP contribution is -2.39. The zero-order valence-electron chi connectivity index (χ0n) is 13.8. The van der Waals surface area contributed by atoms with Crippen molar-refractivity contribution >= 4 is 0 Å². The van der Waals surface area contributed by atoms with Crippen molar-refractivity contribution in [3.05, 3.63) is 29.8 Å². The second kappa shape index (κ2) is 8.40. The molecule has 1 N–H and O–H groups in total. The Morgan fingerprint density at radius 2 is 1.95 bits per heavy atom. The summed E-state index contributed by atoms with van der Waals surface area (Å²) in [6.45, 7) is 11.8. The average Bonchev–Trinajstić information content (AvgIpc) is 2.50. The van der Waals surface area contributed by atoms with Gasteiger partial charge >= 0.3 is 0 Å². The van der Waals surface area contributed by atoms with Gasteiger partial charge in [-0.05, 0) is 51.4 Å². The second-order valence-electron chi connectivity index (χ2n) is 6.06. The van der Waals surface area contributed by atoms with Gasteiger partial charge < -0.3 is 15.0 Å². The van der Waals surface area contributed by atoms with E-state index in [0.717, 1.165) is 31.4 Å². The minimum absolute atomic E-state index is 0.353. The molecule has 1 aliphatic rings. The molecule has 0 spiro atoms. The lowest BCUT2D eigenvalue weighted by Gasteiger charge is -2.33. The molecule has 3 nitrogen and oxygen atoms in total. The van der Waals surface area contributed by atoms with Gasteiger partial charge in [0.1, 0.15) is 5.75 Å². The van der Waals surface area contributed by atoms with Gasteiger partial charge in [-0.15, -0.1) is 0 Å². The SMILES string of the molecule is CCNC(CN1CCC(C)CC1)c1ccccc1OCC. The van der Waals surface area contributed by atoms with Gasteiger partial charge in [0.25, 0.3) is 0 Å². The summed E-state index contributed by atoms with van der Waals surface area (Å²) in [5.41, 5.74) is 1.29. The summed E-state index contributed by atoms with van der Waals surface area (Å²) in [7, 11) is 0. The fourth-order valence-corrected chi connectivity index (χ4v) is 3.08. The predicted octanol–water partition coefficient (Wildman–Crippen LogP) is 3.47. The first-order valence-corrected chi connectivity index (χ1v) is 8.42. The fourth-order valence-electron chi connectivity index (χ4n) is 3.08. The minimum atomic E-state index is 0.353. The Morgan fingerprint density at radius 1 is 1.24 bits per heavy atom. The lowest BCUT2D eigenvalue weighted by molar-refractivity contribution is 0.174. The van der Waals surface area contributed by atoms with Gasteiger partial charge in [0.2, 0.25) is 0 Å². The van der Waals surface area contributed by atoms with E-state index in [9.17, 15) is 0 Å². The third kappa shape index (κ3) is 4.72.